The average molecular weight is 357 g/mol. The summed E-state index contributed by atoms with van der Waals surface area (Å²) < 4.78 is 5.32. The Morgan fingerprint density at radius 1 is 1.20 bits per heavy atom. The molecule has 0 atom stereocenters. The fourth-order valence-electron chi connectivity index (χ4n) is 3.25. The van der Waals surface area contributed by atoms with Crippen LogP contribution in [0.4, 0.5) is 16.2 Å². The lowest BCUT2D eigenvalue weighted by Gasteiger charge is -2.41. The Morgan fingerprint density at radius 3 is 2.64 bits per heavy atom. The molecule has 1 heterocycles. The molecule has 0 radical (unpaired) electrons. The van der Waals surface area contributed by atoms with Crippen molar-refractivity contribution in [2.24, 2.45) is 0 Å². The lowest BCUT2D eigenvalue weighted by atomic mass is 9.89. The maximum absolute atomic E-state index is 13.0. The Bertz CT molecular complexity index is 859. The average Bonchev–Trinajstić information content (AvgIpc) is 2.53. The number of anilines is 2. The van der Waals surface area contributed by atoms with Gasteiger partial charge in [0, 0.05) is 16.3 Å². The topological polar surface area (TPSA) is 41.6 Å². The number of allylic oxidation sites excluding steroid dienone is 1. The van der Waals surface area contributed by atoms with Gasteiger partial charge >= 0.3 is 6.03 Å². The van der Waals surface area contributed by atoms with Gasteiger partial charge < -0.3 is 10.1 Å². The highest BCUT2D eigenvalue weighted by molar-refractivity contribution is 6.31. The molecule has 4 nitrogen and oxygen atoms in total. The van der Waals surface area contributed by atoms with Gasteiger partial charge in [-0.3, -0.25) is 4.90 Å². The summed E-state index contributed by atoms with van der Waals surface area (Å²) in [6, 6.07) is 12.7. The zero-order valence-electron chi connectivity index (χ0n) is 14.8. The molecule has 3 rings (SSSR count). The number of methoxy groups -OCH3 is 1. The van der Waals surface area contributed by atoms with E-state index in [-0.39, 0.29) is 6.03 Å². The van der Waals surface area contributed by atoms with E-state index in [4.69, 9.17) is 16.3 Å². The SMILES string of the molecule is COc1ccc2c(c1)C(C)=CC(C)(C)N2C(=O)Nc1cccc(Cl)c1. The van der Waals surface area contributed by atoms with Crippen LogP contribution < -0.4 is 15.0 Å². The van der Waals surface area contributed by atoms with Gasteiger partial charge in [-0.1, -0.05) is 23.7 Å². The van der Waals surface area contributed by atoms with Crippen LogP contribution in [0.1, 0.15) is 26.3 Å². The second-order valence-corrected chi connectivity index (χ2v) is 7.08. The zero-order valence-corrected chi connectivity index (χ0v) is 15.5. The van der Waals surface area contributed by atoms with Gasteiger partial charge in [0.15, 0.2) is 0 Å². The molecule has 5 heteroatoms. The summed E-state index contributed by atoms with van der Waals surface area (Å²) in [5.74, 6) is 0.765. The van der Waals surface area contributed by atoms with Crippen molar-refractivity contribution in [3.63, 3.8) is 0 Å². The first kappa shape index (κ1) is 17.4. The van der Waals surface area contributed by atoms with Crippen LogP contribution in [0.25, 0.3) is 5.57 Å². The minimum atomic E-state index is -0.464. The molecule has 0 aromatic heterocycles. The molecule has 0 spiro atoms. The van der Waals surface area contributed by atoms with E-state index >= 15 is 0 Å². The molecule has 1 aliphatic heterocycles. The maximum Gasteiger partial charge on any atom is 0.327 e. The number of hydrogen-bond donors (Lipinski definition) is 1. The van der Waals surface area contributed by atoms with Crippen molar-refractivity contribution in [1.29, 1.82) is 0 Å². The van der Waals surface area contributed by atoms with Crippen LogP contribution in [-0.4, -0.2) is 18.7 Å². The molecular formula is C20H21ClN2O2. The quantitative estimate of drug-likeness (QED) is 0.762. The van der Waals surface area contributed by atoms with Crippen LogP contribution in [0.15, 0.2) is 48.5 Å². The number of ether oxygens (including phenoxy) is 1. The van der Waals surface area contributed by atoms with E-state index in [0.717, 1.165) is 22.6 Å². The normalized spacial score (nSPS) is 15.2. The van der Waals surface area contributed by atoms with E-state index in [1.54, 1.807) is 24.1 Å². The summed E-state index contributed by atoms with van der Waals surface area (Å²) in [6.45, 7) is 6.08. The Hall–Kier alpha value is -2.46. The molecule has 2 aromatic rings. The van der Waals surface area contributed by atoms with E-state index in [1.807, 2.05) is 51.1 Å². The smallest absolute Gasteiger partial charge is 0.327 e. The molecule has 1 N–H and O–H groups in total. The predicted molar refractivity (Wildman–Crippen MR) is 104 cm³/mol. The van der Waals surface area contributed by atoms with Crippen LogP contribution in [0.3, 0.4) is 0 Å². The first-order valence-electron chi connectivity index (χ1n) is 8.06. The van der Waals surface area contributed by atoms with Crippen molar-refractivity contribution in [2.45, 2.75) is 26.3 Å². The summed E-state index contributed by atoms with van der Waals surface area (Å²) in [5, 5.41) is 3.51. The molecule has 130 valence electrons. The van der Waals surface area contributed by atoms with Crippen molar-refractivity contribution >= 4 is 34.6 Å². The third-order valence-corrected chi connectivity index (χ3v) is 4.53. The highest BCUT2D eigenvalue weighted by Gasteiger charge is 2.36. The van der Waals surface area contributed by atoms with Crippen LogP contribution in [0.5, 0.6) is 5.75 Å². The first-order chi connectivity index (χ1) is 11.8. The van der Waals surface area contributed by atoms with Crippen molar-refractivity contribution < 1.29 is 9.53 Å². The van der Waals surface area contributed by atoms with Crippen molar-refractivity contribution in [3.8, 4) is 5.75 Å². The molecule has 0 fully saturated rings. The Balaban J connectivity index is 2.01. The van der Waals surface area contributed by atoms with E-state index < -0.39 is 5.54 Å². The fourth-order valence-corrected chi connectivity index (χ4v) is 3.44. The molecule has 0 bridgehead atoms. The summed E-state index contributed by atoms with van der Waals surface area (Å²) >= 11 is 6.02. The first-order valence-corrected chi connectivity index (χ1v) is 8.44. The summed E-state index contributed by atoms with van der Waals surface area (Å²) in [4.78, 5) is 14.8. The largest absolute Gasteiger partial charge is 0.497 e. The summed E-state index contributed by atoms with van der Waals surface area (Å²) in [7, 11) is 1.64. The van der Waals surface area contributed by atoms with Gasteiger partial charge in [-0.15, -0.1) is 0 Å². The number of carbonyl (C=O) groups is 1. The van der Waals surface area contributed by atoms with Crippen LogP contribution in [0.2, 0.25) is 5.02 Å². The molecule has 2 aromatic carbocycles. The van der Waals surface area contributed by atoms with Crippen molar-refractivity contribution in [2.75, 3.05) is 17.3 Å². The summed E-state index contributed by atoms with van der Waals surface area (Å²) in [6.07, 6.45) is 2.09. The van der Waals surface area contributed by atoms with E-state index in [9.17, 15) is 4.79 Å². The number of benzene rings is 2. The highest BCUT2D eigenvalue weighted by atomic mass is 35.5. The molecule has 1 aliphatic rings. The second-order valence-electron chi connectivity index (χ2n) is 6.64. The lowest BCUT2D eigenvalue weighted by Crippen LogP contribution is -2.50. The molecule has 2 amide bonds. The Labute approximate surface area is 153 Å². The maximum atomic E-state index is 13.0. The third kappa shape index (κ3) is 3.35. The Kier molecular flexibility index (Phi) is 4.48. The minimum Gasteiger partial charge on any atom is -0.497 e. The number of nitrogens with one attached hydrogen (secondary N) is 1. The number of carbonyl (C=O) groups excluding carboxylic acids is 1. The lowest BCUT2D eigenvalue weighted by molar-refractivity contribution is 0.253. The van der Waals surface area contributed by atoms with Crippen molar-refractivity contribution in [1.82, 2.24) is 0 Å². The number of halogens is 1. The Morgan fingerprint density at radius 2 is 1.96 bits per heavy atom. The van der Waals surface area contributed by atoms with E-state index in [1.165, 1.54) is 0 Å². The molecule has 25 heavy (non-hydrogen) atoms. The molecule has 0 aliphatic carbocycles. The van der Waals surface area contributed by atoms with Crippen LogP contribution in [-0.2, 0) is 0 Å². The number of amides is 2. The van der Waals surface area contributed by atoms with Gasteiger partial charge in [0.1, 0.15) is 5.75 Å². The number of hydrogen-bond acceptors (Lipinski definition) is 2. The monoisotopic (exact) mass is 356 g/mol. The van der Waals surface area contributed by atoms with Gasteiger partial charge in [0.05, 0.1) is 18.3 Å². The van der Waals surface area contributed by atoms with Crippen LogP contribution >= 0.6 is 11.6 Å². The van der Waals surface area contributed by atoms with Gasteiger partial charge in [0.25, 0.3) is 0 Å². The number of rotatable bonds is 2. The van der Waals surface area contributed by atoms with Gasteiger partial charge in [-0.2, -0.15) is 0 Å². The molecule has 0 unspecified atom stereocenters. The number of urea groups is 1. The molecule has 0 saturated heterocycles. The summed E-state index contributed by atoms with van der Waals surface area (Å²) in [5.41, 5.74) is 3.15. The van der Waals surface area contributed by atoms with Gasteiger partial charge in [-0.05, 0) is 62.7 Å². The van der Waals surface area contributed by atoms with Crippen molar-refractivity contribution in [3.05, 3.63) is 59.1 Å². The molecule has 0 saturated carbocycles. The zero-order chi connectivity index (χ0) is 18.2. The minimum absolute atomic E-state index is 0.206. The number of fused-ring (bicyclic) bond motifs is 1. The third-order valence-electron chi connectivity index (χ3n) is 4.29. The van der Waals surface area contributed by atoms with E-state index in [2.05, 4.69) is 11.4 Å². The standard InChI is InChI=1S/C20H21ClN2O2/c1-13-12-20(2,3)23(18-9-8-16(25-4)11-17(13)18)19(24)22-15-7-5-6-14(21)10-15/h5-12H,1-4H3,(H,22,24). The molecular weight excluding hydrogens is 336 g/mol. The van der Waals surface area contributed by atoms with Crippen LogP contribution in [0, 0.1) is 0 Å². The van der Waals surface area contributed by atoms with Gasteiger partial charge in [-0.25, -0.2) is 4.79 Å². The highest BCUT2D eigenvalue weighted by Crippen LogP contribution is 2.40. The van der Waals surface area contributed by atoms with E-state index in [0.29, 0.717) is 10.7 Å². The predicted octanol–water partition coefficient (Wildman–Crippen LogP) is 5.58. The second kappa shape index (κ2) is 6.45. The number of nitrogens with zero attached hydrogens (tertiary/aromatic N) is 1. The van der Waals surface area contributed by atoms with Gasteiger partial charge in [0.2, 0.25) is 0 Å². The fraction of sp³-hybridized carbons (Fsp3) is 0.250.